The summed E-state index contributed by atoms with van der Waals surface area (Å²) < 4.78 is 55.9. The van der Waals surface area contributed by atoms with E-state index in [4.69, 9.17) is 23.7 Å². The topological polar surface area (TPSA) is 240 Å². The molecule has 0 bridgehead atoms. The van der Waals surface area contributed by atoms with E-state index >= 15 is 0 Å². The lowest BCUT2D eigenvalue weighted by atomic mass is 9.87. The van der Waals surface area contributed by atoms with Gasteiger partial charge in [0, 0.05) is 6.07 Å². The molecule has 0 saturated carbocycles. The van der Waals surface area contributed by atoms with E-state index in [1.54, 1.807) is 36.4 Å². The average molecular weight is 724 g/mol. The quantitative estimate of drug-likeness (QED) is 0.0708. The lowest BCUT2D eigenvalue weighted by molar-refractivity contribution is -0.790. The Labute approximate surface area is 287 Å². The second-order valence-electron chi connectivity index (χ2n) is 11.3. The molecule has 1 heterocycles. The van der Waals surface area contributed by atoms with Crippen molar-refractivity contribution in [3.05, 3.63) is 80.7 Å². The van der Waals surface area contributed by atoms with Gasteiger partial charge in [0.25, 0.3) is 26.1 Å². The van der Waals surface area contributed by atoms with Crippen LogP contribution in [-0.2, 0) is 34.6 Å². The second-order valence-corrected chi connectivity index (χ2v) is 13.0. The van der Waals surface area contributed by atoms with Gasteiger partial charge in [-0.3, -0.25) is 4.72 Å². The van der Waals surface area contributed by atoms with Crippen molar-refractivity contribution < 1.29 is 56.7 Å². The van der Waals surface area contributed by atoms with Gasteiger partial charge >= 0.3 is 6.16 Å². The Kier molecular flexibility index (Phi) is 14.1. The summed E-state index contributed by atoms with van der Waals surface area (Å²) in [6.45, 7) is 4.72. The van der Waals surface area contributed by atoms with Crippen molar-refractivity contribution in [3.8, 4) is 23.1 Å². The highest BCUT2D eigenvalue weighted by Gasteiger charge is 2.24. The van der Waals surface area contributed by atoms with E-state index in [2.05, 4.69) is 24.4 Å². The lowest BCUT2D eigenvalue weighted by Crippen LogP contribution is -2.24. The smallest absolute Gasteiger partial charge is 0.497 e. The Balaban J connectivity index is 1.62. The van der Waals surface area contributed by atoms with Gasteiger partial charge in [-0.25, -0.2) is 18.2 Å². The molecule has 0 saturated heterocycles. The van der Waals surface area contributed by atoms with Crippen LogP contribution in [0, 0.1) is 20.2 Å². The van der Waals surface area contributed by atoms with E-state index in [0.29, 0.717) is 5.75 Å². The third-order valence-corrected chi connectivity index (χ3v) is 7.93. The molecule has 2 aromatic carbocycles. The van der Waals surface area contributed by atoms with Gasteiger partial charge in [0.05, 0.1) is 18.6 Å². The highest BCUT2D eigenvalue weighted by molar-refractivity contribution is 7.92. The maximum atomic E-state index is 13.3. The molecule has 0 aliphatic rings. The first-order chi connectivity index (χ1) is 23.7. The molecule has 0 amide bonds. The van der Waals surface area contributed by atoms with E-state index in [0.717, 1.165) is 11.9 Å². The summed E-state index contributed by atoms with van der Waals surface area (Å²) in [6, 6.07) is 12.9. The first-order valence-corrected chi connectivity index (χ1v) is 16.5. The first kappa shape index (κ1) is 38.8. The van der Waals surface area contributed by atoms with Crippen molar-refractivity contribution >= 4 is 22.0 Å². The lowest BCUT2D eigenvalue weighted by Gasteiger charge is -2.19. The fourth-order valence-electron chi connectivity index (χ4n) is 4.09. The predicted octanol–water partition coefficient (Wildman–Crippen LogP) is 4.86. The Hall–Kier alpha value is -5.66. The van der Waals surface area contributed by atoms with Gasteiger partial charge < -0.3 is 33.4 Å². The van der Waals surface area contributed by atoms with Crippen molar-refractivity contribution in [1.29, 1.82) is 0 Å². The zero-order valence-electron chi connectivity index (χ0n) is 27.6. The number of nitrogens with zero attached hydrogens (tertiary/aromatic N) is 4. The summed E-state index contributed by atoms with van der Waals surface area (Å²) in [5, 5.41) is 18.7. The van der Waals surface area contributed by atoms with E-state index in [9.17, 15) is 33.4 Å². The van der Waals surface area contributed by atoms with Crippen LogP contribution < -0.4 is 18.9 Å². The Morgan fingerprint density at radius 3 is 2.30 bits per heavy atom. The Morgan fingerprint density at radius 1 is 0.940 bits per heavy atom. The minimum atomic E-state index is -4.14. The maximum absolute atomic E-state index is 13.3. The molecule has 0 fully saturated rings. The third-order valence-electron chi connectivity index (χ3n) is 6.58. The molecule has 272 valence electrons. The molecule has 0 aliphatic carbocycles. The molecule has 19 nitrogen and oxygen atoms in total. The van der Waals surface area contributed by atoms with Crippen molar-refractivity contribution in [1.82, 2.24) is 9.97 Å². The van der Waals surface area contributed by atoms with Crippen LogP contribution in [0.1, 0.15) is 45.6 Å². The van der Waals surface area contributed by atoms with Crippen LogP contribution in [0.2, 0.25) is 0 Å². The van der Waals surface area contributed by atoms with Crippen LogP contribution in [0.3, 0.4) is 0 Å². The highest BCUT2D eigenvalue weighted by atomic mass is 32.2. The highest BCUT2D eigenvalue weighted by Crippen LogP contribution is 2.37. The number of methoxy groups -OCH3 is 1. The molecular formula is C30H37N5O14S. The van der Waals surface area contributed by atoms with Crippen molar-refractivity contribution in [2.24, 2.45) is 0 Å². The van der Waals surface area contributed by atoms with Gasteiger partial charge in [0.15, 0.2) is 5.82 Å². The summed E-state index contributed by atoms with van der Waals surface area (Å²) in [7, 11) is -2.67. The maximum Gasteiger partial charge on any atom is 0.508 e. The number of anilines is 1. The van der Waals surface area contributed by atoms with Crippen LogP contribution in [-0.4, -0.2) is 74.4 Å². The van der Waals surface area contributed by atoms with Gasteiger partial charge in [-0.2, -0.15) is 4.98 Å². The number of rotatable bonds is 20. The van der Waals surface area contributed by atoms with Crippen LogP contribution in [0.5, 0.6) is 23.1 Å². The van der Waals surface area contributed by atoms with Crippen LogP contribution in [0.25, 0.3) is 0 Å². The molecule has 1 atom stereocenters. The fourth-order valence-corrected chi connectivity index (χ4v) is 5.11. The van der Waals surface area contributed by atoms with E-state index in [1.165, 1.54) is 19.2 Å². The summed E-state index contributed by atoms with van der Waals surface area (Å²) in [5.41, 5.74) is 0.757. The number of carbonyl (C=O) groups is 1. The number of hydrogen-bond acceptors (Lipinski definition) is 16. The zero-order chi connectivity index (χ0) is 36.7. The molecule has 3 aromatic rings. The van der Waals surface area contributed by atoms with Crippen LogP contribution >= 0.6 is 0 Å². The van der Waals surface area contributed by atoms with Crippen LogP contribution in [0.15, 0.2) is 59.8 Å². The molecule has 1 N–H and O–H groups in total. The largest absolute Gasteiger partial charge is 0.508 e. The number of benzene rings is 2. The Morgan fingerprint density at radius 2 is 1.64 bits per heavy atom. The zero-order valence-corrected chi connectivity index (χ0v) is 28.5. The predicted molar refractivity (Wildman–Crippen MR) is 173 cm³/mol. The minimum Gasteiger partial charge on any atom is -0.497 e. The summed E-state index contributed by atoms with van der Waals surface area (Å²) >= 11 is 0. The molecule has 1 aromatic heterocycles. The second kappa shape index (κ2) is 18.2. The number of carbonyl (C=O) groups excluding carboxylic acids is 1. The number of nitrogens with one attached hydrogen (secondary N) is 1. The van der Waals surface area contributed by atoms with Crippen molar-refractivity contribution in [2.45, 2.75) is 56.4 Å². The third kappa shape index (κ3) is 12.7. The number of unbranched alkanes of at least 4 members (excludes halogenated alkanes) is 1. The number of sulfonamides is 1. The molecule has 3 rings (SSSR count). The summed E-state index contributed by atoms with van der Waals surface area (Å²) in [5.74, 6) is 0.131. The molecule has 20 heteroatoms. The van der Waals surface area contributed by atoms with Crippen LogP contribution in [0.4, 0.5) is 10.6 Å². The minimum absolute atomic E-state index is 0.0145. The van der Waals surface area contributed by atoms with Crippen molar-refractivity contribution in [3.63, 3.8) is 0 Å². The monoisotopic (exact) mass is 723 g/mol. The van der Waals surface area contributed by atoms with Crippen molar-refractivity contribution in [2.75, 3.05) is 38.3 Å². The van der Waals surface area contributed by atoms with Gasteiger partial charge in [0.2, 0.25) is 5.75 Å². The molecule has 0 radical (unpaired) electrons. The number of ether oxygens (including phenoxy) is 5. The normalized spacial score (nSPS) is 11.8. The fraction of sp³-hybridized carbons (Fsp3) is 0.433. The first-order valence-electron chi connectivity index (χ1n) is 15.0. The molecule has 0 spiro atoms. The van der Waals surface area contributed by atoms with Gasteiger partial charge in [-0.05, 0) is 54.5 Å². The molecule has 1 unspecified atom stereocenters. The molecule has 0 aliphatic heterocycles. The standard InChI is InChI=1S/C30H37N5O14S/c1-30(2,3)21-11-13-25(14-12-21)50(41,42)33-27-26(48-23-10-7-9-22(18-23)43-4)28(32-20-31-27)44-16-17-46-29(36)45-15-6-5-8-24(49-35(39)40)19-47-34(37)38/h7,9-14,18,20,24H,5-6,8,15-17,19H2,1-4H3,(H,31,32,33). The van der Waals surface area contributed by atoms with Gasteiger partial charge in [-0.1, -0.05) is 39.0 Å². The SMILES string of the molecule is COc1cccc(Oc2c(NS(=O)(=O)c3ccc(C(C)(C)C)cc3)ncnc2OCCOC(=O)OCCCCC(CO[N+](=O)[O-])O[N+](=O)[O-])c1. The number of hydrogen-bond donors (Lipinski definition) is 1. The Bertz CT molecular complexity index is 1700. The summed E-state index contributed by atoms with van der Waals surface area (Å²) in [6.07, 6.45) is -0.614. The van der Waals surface area contributed by atoms with E-state index in [1.807, 2.05) is 20.8 Å². The van der Waals surface area contributed by atoms with Gasteiger partial charge in [-0.15, -0.1) is 20.2 Å². The molecular weight excluding hydrogens is 686 g/mol. The summed E-state index contributed by atoms with van der Waals surface area (Å²) in [4.78, 5) is 49.5. The van der Waals surface area contributed by atoms with E-state index < -0.39 is 39.1 Å². The van der Waals surface area contributed by atoms with E-state index in [-0.39, 0.29) is 72.6 Å². The van der Waals surface area contributed by atoms with Gasteiger partial charge in [0.1, 0.15) is 43.8 Å². The molecule has 50 heavy (non-hydrogen) atoms. The average Bonchev–Trinajstić information content (AvgIpc) is 3.06. The number of aromatic nitrogens is 2.